The molecule has 1 aromatic heterocycles. The maximum atomic E-state index is 13.0. The molecule has 7 rings (SSSR count). The predicted octanol–water partition coefficient (Wildman–Crippen LogP) is 3.63. The molecule has 4 aliphatic carbocycles. The molecule has 0 unspecified atom stereocenters. The van der Waals surface area contributed by atoms with Crippen molar-refractivity contribution in [1.29, 1.82) is 0 Å². The number of rotatable bonds is 6. The zero-order valence-corrected chi connectivity index (χ0v) is 19.5. The van der Waals surface area contributed by atoms with E-state index in [1.807, 2.05) is 9.80 Å². The van der Waals surface area contributed by atoms with E-state index in [1.54, 1.807) is 0 Å². The highest BCUT2D eigenvalue weighted by Crippen LogP contribution is 2.58. The van der Waals surface area contributed by atoms with Gasteiger partial charge in [0.1, 0.15) is 11.6 Å². The molecule has 7 nitrogen and oxygen atoms in total. The maximum absolute atomic E-state index is 13.0. The second kappa shape index (κ2) is 6.89. The summed E-state index contributed by atoms with van der Waals surface area (Å²) in [6, 6.07) is 0.165. The number of H-pyrrole nitrogens is 1. The SMILES string of the molecule is O=C(N1CC2(CC(CNCC3(C(F)(F)F)CC3)C2)C1)N1CC2(CC(c3nnc(C4CC4)[nH]3)C2)C1. The molecule has 4 saturated carbocycles. The zero-order valence-electron chi connectivity index (χ0n) is 19.5. The number of hydrogen-bond donors (Lipinski definition) is 2. The second-order valence-corrected chi connectivity index (χ2v) is 12.7. The van der Waals surface area contributed by atoms with E-state index in [1.165, 1.54) is 12.8 Å². The molecule has 0 bridgehead atoms. The lowest BCUT2D eigenvalue weighted by Gasteiger charge is -2.63. The van der Waals surface area contributed by atoms with E-state index >= 15 is 0 Å². The summed E-state index contributed by atoms with van der Waals surface area (Å²) in [6.07, 6.45) is 3.10. The number of carbonyl (C=O) groups is 1. The molecule has 6 fully saturated rings. The van der Waals surface area contributed by atoms with Crippen molar-refractivity contribution in [3.63, 3.8) is 0 Å². The lowest BCUT2D eigenvalue weighted by Crippen LogP contribution is -2.71. The number of likely N-dealkylation sites (tertiary alicyclic amines) is 2. The van der Waals surface area contributed by atoms with Crippen LogP contribution in [0.2, 0.25) is 0 Å². The minimum absolute atomic E-state index is 0.0558. The highest BCUT2D eigenvalue weighted by molar-refractivity contribution is 5.77. The summed E-state index contributed by atoms with van der Waals surface area (Å²) in [7, 11) is 0. The first-order valence-corrected chi connectivity index (χ1v) is 12.9. The van der Waals surface area contributed by atoms with Gasteiger partial charge in [0.25, 0.3) is 0 Å². The molecule has 2 amide bonds. The van der Waals surface area contributed by atoms with E-state index in [4.69, 9.17) is 0 Å². The summed E-state index contributed by atoms with van der Waals surface area (Å²) >= 11 is 0. The number of nitrogens with zero attached hydrogens (tertiary/aromatic N) is 4. The molecule has 2 N–H and O–H groups in total. The third kappa shape index (κ3) is 3.38. The summed E-state index contributed by atoms with van der Waals surface area (Å²) < 4.78 is 39.1. The van der Waals surface area contributed by atoms with Crippen LogP contribution in [0.4, 0.5) is 18.0 Å². The Bertz CT molecular complexity index is 971. The minimum atomic E-state index is -4.08. The molecule has 0 radical (unpaired) electrons. The van der Waals surface area contributed by atoms with Gasteiger partial charge in [0.2, 0.25) is 0 Å². The number of nitrogens with one attached hydrogen (secondary N) is 2. The van der Waals surface area contributed by atoms with Gasteiger partial charge in [0.05, 0.1) is 5.41 Å². The Kier molecular flexibility index (Phi) is 4.34. The highest BCUT2D eigenvalue weighted by atomic mass is 19.4. The number of halogens is 3. The Labute approximate surface area is 197 Å². The third-order valence-electron chi connectivity index (χ3n) is 9.67. The number of aromatic nitrogens is 3. The van der Waals surface area contributed by atoms with Crippen LogP contribution in [0.5, 0.6) is 0 Å². The van der Waals surface area contributed by atoms with Crippen LogP contribution < -0.4 is 5.32 Å². The summed E-state index contributed by atoms with van der Waals surface area (Å²) in [5, 5.41) is 11.7. The third-order valence-corrected chi connectivity index (χ3v) is 9.67. The molecule has 1 aromatic rings. The summed E-state index contributed by atoms with van der Waals surface area (Å²) in [5.74, 6) is 3.57. The molecular weight excluding hydrogens is 445 g/mol. The van der Waals surface area contributed by atoms with Crippen molar-refractivity contribution in [3.8, 4) is 0 Å². The van der Waals surface area contributed by atoms with E-state index < -0.39 is 11.6 Å². The van der Waals surface area contributed by atoms with Gasteiger partial charge in [0, 0.05) is 55.4 Å². The first kappa shape index (κ1) is 21.4. The fourth-order valence-electron chi connectivity index (χ4n) is 7.24. The van der Waals surface area contributed by atoms with Crippen LogP contribution in [0, 0.1) is 22.2 Å². The summed E-state index contributed by atoms with van der Waals surface area (Å²) in [4.78, 5) is 20.2. The number of alkyl halides is 3. The number of urea groups is 1. The van der Waals surface area contributed by atoms with Crippen molar-refractivity contribution in [2.75, 3.05) is 39.3 Å². The van der Waals surface area contributed by atoms with Gasteiger partial charge in [-0.25, -0.2) is 4.79 Å². The van der Waals surface area contributed by atoms with E-state index in [0.717, 1.165) is 63.5 Å². The van der Waals surface area contributed by atoms with Crippen LogP contribution in [0.3, 0.4) is 0 Å². The van der Waals surface area contributed by atoms with Crippen LogP contribution in [-0.4, -0.2) is 76.5 Å². The lowest BCUT2D eigenvalue weighted by atomic mass is 9.57. The summed E-state index contributed by atoms with van der Waals surface area (Å²) in [5.41, 5.74) is -0.964. The second-order valence-electron chi connectivity index (χ2n) is 12.7. The van der Waals surface area contributed by atoms with Gasteiger partial charge >= 0.3 is 12.2 Å². The van der Waals surface area contributed by atoms with Crippen LogP contribution in [-0.2, 0) is 0 Å². The number of carbonyl (C=O) groups excluding carboxylic acids is 1. The Hall–Kier alpha value is -1.84. The molecular formula is C24H33F3N6O. The van der Waals surface area contributed by atoms with Crippen molar-refractivity contribution in [2.24, 2.45) is 22.2 Å². The smallest absolute Gasteiger partial charge is 0.328 e. The molecule has 2 saturated heterocycles. The molecule has 34 heavy (non-hydrogen) atoms. The molecule has 0 atom stereocenters. The molecule has 2 spiro atoms. The van der Waals surface area contributed by atoms with Gasteiger partial charge in [-0.3, -0.25) is 0 Å². The van der Waals surface area contributed by atoms with Crippen molar-refractivity contribution < 1.29 is 18.0 Å². The lowest BCUT2D eigenvalue weighted by molar-refractivity contribution is -0.185. The van der Waals surface area contributed by atoms with Gasteiger partial charge in [0.15, 0.2) is 0 Å². The first-order valence-electron chi connectivity index (χ1n) is 12.9. The van der Waals surface area contributed by atoms with E-state index in [-0.39, 0.29) is 36.2 Å². The van der Waals surface area contributed by atoms with E-state index in [9.17, 15) is 18.0 Å². The van der Waals surface area contributed by atoms with Crippen molar-refractivity contribution in [1.82, 2.24) is 30.3 Å². The number of aromatic amines is 1. The van der Waals surface area contributed by atoms with Gasteiger partial charge in [-0.1, -0.05) is 0 Å². The fourth-order valence-corrected chi connectivity index (χ4v) is 7.24. The average Bonchev–Trinajstić information content (AvgIpc) is 3.58. The topological polar surface area (TPSA) is 77.2 Å². The van der Waals surface area contributed by atoms with Crippen LogP contribution in [0.25, 0.3) is 0 Å². The monoisotopic (exact) mass is 478 g/mol. The number of hydrogen-bond acceptors (Lipinski definition) is 4. The largest absolute Gasteiger partial charge is 0.395 e. The first-order chi connectivity index (χ1) is 16.2. The van der Waals surface area contributed by atoms with Crippen molar-refractivity contribution in [2.45, 2.75) is 69.4 Å². The Morgan fingerprint density at radius 2 is 1.50 bits per heavy atom. The van der Waals surface area contributed by atoms with Crippen molar-refractivity contribution in [3.05, 3.63) is 11.6 Å². The van der Waals surface area contributed by atoms with E-state index in [0.29, 0.717) is 24.3 Å². The molecule has 186 valence electrons. The van der Waals surface area contributed by atoms with Gasteiger partial charge in [-0.05, 0) is 63.8 Å². The van der Waals surface area contributed by atoms with Gasteiger partial charge < -0.3 is 20.1 Å². The molecule has 3 heterocycles. The number of amides is 2. The van der Waals surface area contributed by atoms with Gasteiger partial charge in [-0.2, -0.15) is 13.2 Å². The quantitative estimate of drug-likeness (QED) is 0.655. The molecule has 6 aliphatic rings. The van der Waals surface area contributed by atoms with Crippen LogP contribution >= 0.6 is 0 Å². The normalized spacial score (nSPS) is 28.9. The Morgan fingerprint density at radius 1 is 0.941 bits per heavy atom. The molecule has 0 aromatic carbocycles. The Morgan fingerprint density at radius 3 is 2.03 bits per heavy atom. The Balaban J connectivity index is 0.808. The molecule has 10 heteroatoms. The fraction of sp³-hybridized carbons (Fsp3) is 0.875. The average molecular weight is 479 g/mol. The van der Waals surface area contributed by atoms with E-state index in [2.05, 4.69) is 20.5 Å². The molecule has 2 aliphatic heterocycles. The van der Waals surface area contributed by atoms with Crippen LogP contribution in [0.15, 0.2) is 0 Å². The van der Waals surface area contributed by atoms with Gasteiger partial charge in [-0.15, -0.1) is 10.2 Å². The zero-order chi connectivity index (χ0) is 23.3. The highest BCUT2D eigenvalue weighted by Gasteiger charge is 2.63. The predicted molar refractivity (Wildman–Crippen MR) is 117 cm³/mol. The van der Waals surface area contributed by atoms with Crippen LogP contribution in [0.1, 0.15) is 74.9 Å². The standard InChI is InChI=1S/C24H33F3N6O/c25-24(26,27)23(3-4-23)10-28-9-15-5-21(6-15)11-32(12-21)20(34)33-13-22(14-33)7-17(8-22)19-29-18(30-31-19)16-1-2-16/h15-17,28H,1-14H2,(H,29,30,31). The van der Waals surface area contributed by atoms with Crippen molar-refractivity contribution >= 4 is 6.03 Å². The minimum Gasteiger partial charge on any atom is -0.328 e. The summed E-state index contributed by atoms with van der Waals surface area (Å²) in [6.45, 7) is 4.04. The maximum Gasteiger partial charge on any atom is 0.395 e.